The predicted molar refractivity (Wildman–Crippen MR) is 77.9 cm³/mol. The molecule has 0 bridgehead atoms. The lowest BCUT2D eigenvalue weighted by atomic mass is 9.99. The topological polar surface area (TPSA) is 6.48 Å². The highest BCUT2D eigenvalue weighted by Crippen LogP contribution is 2.21. The third-order valence-electron chi connectivity index (χ3n) is 4.35. The molecule has 2 saturated heterocycles. The van der Waals surface area contributed by atoms with E-state index in [1.54, 1.807) is 0 Å². The molecule has 2 rings (SSSR count). The Kier molecular flexibility index (Phi) is 5.64. The van der Waals surface area contributed by atoms with Crippen molar-refractivity contribution in [3.05, 3.63) is 0 Å². The first-order chi connectivity index (χ1) is 8.29. The second-order valence-electron chi connectivity index (χ2n) is 5.92. The van der Waals surface area contributed by atoms with Crippen molar-refractivity contribution < 1.29 is 0 Å². The molecule has 3 heteroatoms. The van der Waals surface area contributed by atoms with Gasteiger partial charge in [-0.3, -0.25) is 0 Å². The summed E-state index contributed by atoms with van der Waals surface area (Å²) in [5, 5.41) is 0. The van der Waals surface area contributed by atoms with Crippen LogP contribution < -0.4 is 0 Å². The van der Waals surface area contributed by atoms with Crippen molar-refractivity contribution in [2.75, 3.05) is 38.5 Å². The van der Waals surface area contributed by atoms with Crippen LogP contribution >= 0.6 is 12.6 Å². The lowest BCUT2D eigenvalue weighted by molar-refractivity contribution is 0.0879. The van der Waals surface area contributed by atoms with Crippen LogP contribution in [0.3, 0.4) is 0 Å². The van der Waals surface area contributed by atoms with Gasteiger partial charge < -0.3 is 9.80 Å². The van der Waals surface area contributed by atoms with Gasteiger partial charge in [-0.05, 0) is 63.5 Å². The Morgan fingerprint density at radius 2 is 1.71 bits per heavy atom. The molecule has 0 aromatic carbocycles. The molecule has 2 aliphatic rings. The van der Waals surface area contributed by atoms with Crippen molar-refractivity contribution >= 4 is 12.6 Å². The Balaban J connectivity index is 1.70. The van der Waals surface area contributed by atoms with E-state index in [-0.39, 0.29) is 0 Å². The van der Waals surface area contributed by atoms with Gasteiger partial charge in [0, 0.05) is 12.6 Å². The lowest BCUT2D eigenvalue weighted by Crippen LogP contribution is -2.47. The van der Waals surface area contributed by atoms with E-state index in [1.165, 1.54) is 64.8 Å². The van der Waals surface area contributed by atoms with Gasteiger partial charge >= 0.3 is 0 Å². The minimum absolute atomic E-state index is 0.741. The van der Waals surface area contributed by atoms with Gasteiger partial charge in [-0.1, -0.05) is 13.3 Å². The first-order valence-electron chi connectivity index (χ1n) is 7.37. The van der Waals surface area contributed by atoms with Crippen molar-refractivity contribution in [1.29, 1.82) is 0 Å². The highest BCUT2D eigenvalue weighted by molar-refractivity contribution is 7.80. The largest absolute Gasteiger partial charge is 0.303 e. The van der Waals surface area contributed by atoms with Crippen LogP contribution in [0.4, 0.5) is 0 Å². The smallest absolute Gasteiger partial charge is 0.0120 e. The quantitative estimate of drug-likeness (QED) is 0.772. The van der Waals surface area contributed by atoms with Crippen molar-refractivity contribution in [3.8, 4) is 0 Å². The minimum Gasteiger partial charge on any atom is -0.303 e. The molecule has 2 aliphatic heterocycles. The van der Waals surface area contributed by atoms with E-state index >= 15 is 0 Å². The number of rotatable bonds is 4. The number of thiol groups is 1. The van der Waals surface area contributed by atoms with Gasteiger partial charge in [-0.15, -0.1) is 0 Å². The summed E-state index contributed by atoms with van der Waals surface area (Å²) in [5.41, 5.74) is 0. The highest BCUT2D eigenvalue weighted by Gasteiger charge is 2.25. The average Bonchev–Trinajstić information content (AvgIpc) is 2.40. The second kappa shape index (κ2) is 7.01. The van der Waals surface area contributed by atoms with Crippen molar-refractivity contribution in [2.45, 2.75) is 45.1 Å². The molecule has 0 aliphatic carbocycles. The number of hydrogen-bond donors (Lipinski definition) is 1. The minimum atomic E-state index is 0.741. The Bertz CT molecular complexity index is 208. The second-order valence-corrected chi connectivity index (χ2v) is 6.28. The van der Waals surface area contributed by atoms with Crippen LogP contribution in [-0.2, 0) is 0 Å². The molecule has 0 amide bonds. The molecule has 0 aromatic rings. The SMILES string of the molecule is CC(CS)CN1CCC(N2CCCCC2)CC1. The molecule has 100 valence electrons. The lowest BCUT2D eigenvalue weighted by Gasteiger charge is -2.40. The zero-order chi connectivity index (χ0) is 12.1. The standard InChI is InChI=1S/C14H28N2S/c1-13(12-17)11-15-9-5-14(6-10-15)16-7-3-2-4-8-16/h13-14,17H,2-12H2,1H3. The monoisotopic (exact) mass is 256 g/mol. The summed E-state index contributed by atoms with van der Waals surface area (Å²) in [4.78, 5) is 5.39. The zero-order valence-corrected chi connectivity index (χ0v) is 12.2. The molecule has 2 heterocycles. The maximum Gasteiger partial charge on any atom is 0.0120 e. The third kappa shape index (κ3) is 4.15. The summed E-state index contributed by atoms with van der Waals surface area (Å²) in [7, 11) is 0. The molecule has 17 heavy (non-hydrogen) atoms. The maximum atomic E-state index is 4.38. The van der Waals surface area contributed by atoms with Gasteiger partial charge in [0.25, 0.3) is 0 Å². The molecule has 1 atom stereocenters. The van der Waals surface area contributed by atoms with Crippen LogP contribution in [0.2, 0.25) is 0 Å². The van der Waals surface area contributed by atoms with E-state index in [1.807, 2.05) is 0 Å². The fourth-order valence-electron chi connectivity index (χ4n) is 3.25. The van der Waals surface area contributed by atoms with E-state index in [2.05, 4.69) is 29.4 Å². The van der Waals surface area contributed by atoms with Crippen LogP contribution in [0, 0.1) is 5.92 Å². The van der Waals surface area contributed by atoms with Gasteiger partial charge in [-0.25, -0.2) is 0 Å². The summed E-state index contributed by atoms with van der Waals surface area (Å²) in [6.45, 7) is 8.88. The summed E-state index contributed by atoms with van der Waals surface area (Å²) < 4.78 is 0. The molecule has 2 nitrogen and oxygen atoms in total. The fraction of sp³-hybridized carbons (Fsp3) is 1.00. The van der Waals surface area contributed by atoms with Crippen LogP contribution in [0.1, 0.15) is 39.0 Å². The predicted octanol–water partition coefficient (Wildman–Crippen LogP) is 2.50. The van der Waals surface area contributed by atoms with Crippen molar-refractivity contribution in [3.63, 3.8) is 0 Å². The van der Waals surface area contributed by atoms with Crippen molar-refractivity contribution in [2.24, 2.45) is 5.92 Å². The average molecular weight is 256 g/mol. The highest BCUT2D eigenvalue weighted by atomic mass is 32.1. The fourth-order valence-corrected chi connectivity index (χ4v) is 3.36. The van der Waals surface area contributed by atoms with Crippen molar-refractivity contribution in [1.82, 2.24) is 9.80 Å². The van der Waals surface area contributed by atoms with Gasteiger partial charge in [0.2, 0.25) is 0 Å². The van der Waals surface area contributed by atoms with Gasteiger partial charge in [0.1, 0.15) is 0 Å². The zero-order valence-electron chi connectivity index (χ0n) is 11.3. The molecule has 2 fully saturated rings. The molecule has 0 N–H and O–H groups in total. The summed E-state index contributed by atoms with van der Waals surface area (Å²) in [5.74, 6) is 1.76. The summed E-state index contributed by atoms with van der Waals surface area (Å²) in [6, 6.07) is 0.887. The van der Waals surface area contributed by atoms with Crippen LogP contribution in [-0.4, -0.2) is 54.3 Å². The number of likely N-dealkylation sites (tertiary alicyclic amines) is 2. The van der Waals surface area contributed by atoms with E-state index < -0.39 is 0 Å². The molecule has 0 saturated carbocycles. The normalized spacial score (nSPS) is 27.2. The third-order valence-corrected chi connectivity index (χ3v) is 4.97. The Hall–Kier alpha value is 0.270. The Morgan fingerprint density at radius 1 is 1.06 bits per heavy atom. The number of piperidine rings is 2. The maximum absolute atomic E-state index is 4.38. The Morgan fingerprint density at radius 3 is 2.29 bits per heavy atom. The van der Waals surface area contributed by atoms with Gasteiger partial charge in [0.15, 0.2) is 0 Å². The Labute approximate surface area is 112 Å². The van der Waals surface area contributed by atoms with Gasteiger partial charge in [-0.2, -0.15) is 12.6 Å². The van der Waals surface area contributed by atoms with Crippen LogP contribution in [0.25, 0.3) is 0 Å². The molecule has 0 radical (unpaired) electrons. The summed E-state index contributed by atoms with van der Waals surface area (Å²) in [6.07, 6.45) is 7.08. The van der Waals surface area contributed by atoms with E-state index in [0.717, 1.165) is 17.7 Å². The van der Waals surface area contributed by atoms with Crippen LogP contribution in [0.5, 0.6) is 0 Å². The molecule has 0 spiro atoms. The number of hydrogen-bond acceptors (Lipinski definition) is 3. The summed E-state index contributed by atoms with van der Waals surface area (Å²) >= 11 is 4.38. The van der Waals surface area contributed by atoms with Gasteiger partial charge in [0.05, 0.1) is 0 Å². The molecule has 0 aromatic heterocycles. The van der Waals surface area contributed by atoms with E-state index in [9.17, 15) is 0 Å². The molecule has 1 unspecified atom stereocenters. The first-order valence-corrected chi connectivity index (χ1v) is 8.00. The molecular weight excluding hydrogens is 228 g/mol. The first kappa shape index (κ1) is 13.7. The number of nitrogens with zero attached hydrogens (tertiary/aromatic N) is 2. The van der Waals surface area contributed by atoms with E-state index in [0.29, 0.717) is 0 Å². The van der Waals surface area contributed by atoms with Crippen LogP contribution in [0.15, 0.2) is 0 Å². The van der Waals surface area contributed by atoms with E-state index in [4.69, 9.17) is 0 Å². The molecular formula is C14H28N2S.